The number of hydrogen-bond acceptors (Lipinski definition) is 3. The molecule has 0 aliphatic heterocycles. The Morgan fingerprint density at radius 1 is 1.24 bits per heavy atom. The van der Waals surface area contributed by atoms with Crippen LogP contribution in [-0.2, 0) is 0 Å². The molecule has 1 aromatic carbocycles. The van der Waals surface area contributed by atoms with Crippen molar-refractivity contribution in [2.75, 3.05) is 6.54 Å². The Morgan fingerprint density at radius 2 is 2.10 bits per heavy atom. The Morgan fingerprint density at radius 3 is 2.86 bits per heavy atom. The number of halogens is 2. The van der Waals surface area contributed by atoms with E-state index in [-0.39, 0.29) is 6.04 Å². The van der Waals surface area contributed by atoms with E-state index in [4.69, 9.17) is 23.2 Å². The zero-order chi connectivity index (χ0) is 14.8. The van der Waals surface area contributed by atoms with Crippen molar-refractivity contribution in [1.82, 2.24) is 19.9 Å². The highest BCUT2D eigenvalue weighted by Gasteiger charge is 2.18. The van der Waals surface area contributed by atoms with E-state index in [2.05, 4.69) is 22.3 Å². The van der Waals surface area contributed by atoms with E-state index in [1.165, 1.54) is 0 Å². The van der Waals surface area contributed by atoms with Crippen molar-refractivity contribution in [2.45, 2.75) is 13.0 Å². The van der Waals surface area contributed by atoms with Crippen molar-refractivity contribution >= 4 is 28.7 Å². The molecule has 0 saturated carbocycles. The molecule has 21 heavy (non-hydrogen) atoms. The lowest BCUT2D eigenvalue weighted by Gasteiger charge is -2.18. The molecule has 3 aromatic rings. The van der Waals surface area contributed by atoms with Gasteiger partial charge in [0, 0.05) is 18.0 Å². The highest BCUT2D eigenvalue weighted by atomic mass is 35.5. The maximum Gasteiger partial charge on any atom is 0.0896 e. The summed E-state index contributed by atoms with van der Waals surface area (Å²) in [4.78, 5) is 4.18. The van der Waals surface area contributed by atoms with Gasteiger partial charge in [0.1, 0.15) is 0 Å². The standard InChI is InChI=1S/C15H14Cl2N4/c1-2-19-15(10-3-4-12(16)13(17)7-10)11-8-20-21-6-5-18-9-14(11)21/h3-9,15,19H,2H2,1H3. The van der Waals surface area contributed by atoms with Gasteiger partial charge in [-0.15, -0.1) is 0 Å². The van der Waals surface area contributed by atoms with E-state index in [0.29, 0.717) is 10.0 Å². The molecule has 2 heterocycles. The summed E-state index contributed by atoms with van der Waals surface area (Å²) in [6.45, 7) is 2.89. The van der Waals surface area contributed by atoms with Crippen molar-refractivity contribution < 1.29 is 0 Å². The number of rotatable bonds is 4. The quantitative estimate of drug-likeness (QED) is 0.796. The van der Waals surface area contributed by atoms with Crippen LogP contribution in [-0.4, -0.2) is 21.1 Å². The number of nitrogens with zero attached hydrogens (tertiary/aromatic N) is 3. The molecule has 4 nitrogen and oxygen atoms in total. The van der Waals surface area contributed by atoms with Crippen LogP contribution >= 0.6 is 23.2 Å². The molecule has 1 N–H and O–H groups in total. The first-order chi connectivity index (χ1) is 10.2. The monoisotopic (exact) mass is 320 g/mol. The smallest absolute Gasteiger partial charge is 0.0896 e. The molecule has 0 aliphatic rings. The minimum atomic E-state index is -0.00790. The minimum Gasteiger partial charge on any atom is -0.306 e. The van der Waals surface area contributed by atoms with E-state index in [9.17, 15) is 0 Å². The number of fused-ring (bicyclic) bond motifs is 1. The van der Waals surface area contributed by atoms with E-state index in [1.807, 2.05) is 41.3 Å². The molecule has 108 valence electrons. The molecule has 0 saturated heterocycles. The second kappa shape index (κ2) is 6.02. The van der Waals surface area contributed by atoms with Crippen molar-refractivity contribution in [2.24, 2.45) is 0 Å². The summed E-state index contributed by atoms with van der Waals surface area (Å²) in [7, 11) is 0. The van der Waals surface area contributed by atoms with Gasteiger partial charge in [-0.2, -0.15) is 5.10 Å². The Bertz CT molecular complexity index is 769. The summed E-state index contributed by atoms with van der Waals surface area (Å²) in [5.41, 5.74) is 3.07. The molecule has 2 aromatic heterocycles. The largest absolute Gasteiger partial charge is 0.306 e. The van der Waals surface area contributed by atoms with Gasteiger partial charge < -0.3 is 5.32 Å². The van der Waals surface area contributed by atoms with Gasteiger partial charge in [0.25, 0.3) is 0 Å². The molecule has 0 spiro atoms. The van der Waals surface area contributed by atoms with Crippen LogP contribution in [0.2, 0.25) is 10.0 Å². The fraction of sp³-hybridized carbons (Fsp3) is 0.200. The first kappa shape index (κ1) is 14.3. The van der Waals surface area contributed by atoms with Crippen LogP contribution in [0.5, 0.6) is 0 Å². The van der Waals surface area contributed by atoms with Crippen LogP contribution in [0.15, 0.2) is 43.0 Å². The third kappa shape index (κ3) is 2.75. The van der Waals surface area contributed by atoms with Crippen LogP contribution in [0, 0.1) is 0 Å². The first-order valence-electron chi connectivity index (χ1n) is 6.66. The lowest BCUT2D eigenvalue weighted by atomic mass is 10.00. The van der Waals surface area contributed by atoms with Crippen LogP contribution in [0.1, 0.15) is 24.1 Å². The maximum absolute atomic E-state index is 6.14. The average Bonchev–Trinajstić information content (AvgIpc) is 2.92. The van der Waals surface area contributed by atoms with Gasteiger partial charge in [-0.05, 0) is 24.2 Å². The van der Waals surface area contributed by atoms with Crippen LogP contribution < -0.4 is 5.32 Å². The zero-order valence-electron chi connectivity index (χ0n) is 11.4. The van der Waals surface area contributed by atoms with Gasteiger partial charge >= 0.3 is 0 Å². The fourth-order valence-corrected chi connectivity index (χ4v) is 2.69. The molecule has 3 rings (SSSR count). The zero-order valence-corrected chi connectivity index (χ0v) is 12.9. The van der Waals surface area contributed by atoms with Crippen molar-refractivity contribution in [1.29, 1.82) is 0 Å². The SMILES string of the molecule is CCNC(c1ccc(Cl)c(Cl)c1)c1cnn2ccncc12. The highest BCUT2D eigenvalue weighted by Crippen LogP contribution is 2.30. The molecule has 0 radical (unpaired) electrons. The van der Waals surface area contributed by atoms with E-state index in [1.54, 1.807) is 6.20 Å². The summed E-state index contributed by atoms with van der Waals surface area (Å²) < 4.78 is 1.81. The van der Waals surface area contributed by atoms with Gasteiger partial charge in [0.15, 0.2) is 0 Å². The molecule has 1 unspecified atom stereocenters. The highest BCUT2D eigenvalue weighted by molar-refractivity contribution is 6.42. The van der Waals surface area contributed by atoms with E-state index < -0.39 is 0 Å². The fourth-order valence-electron chi connectivity index (χ4n) is 2.38. The Kier molecular flexibility index (Phi) is 4.10. The van der Waals surface area contributed by atoms with Crippen LogP contribution in [0.25, 0.3) is 5.52 Å². The molecule has 0 fully saturated rings. The van der Waals surface area contributed by atoms with Gasteiger partial charge in [-0.25, -0.2) is 4.52 Å². The molecular formula is C15H14Cl2N4. The van der Waals surface area contributed by atoms with Gasteiger partial charge in [0.05, 0.1) is 34.0 Å². The van der Waals surface area contributed by atoms with E-state index in [0.717, 1.165) is 23.2 Å². The normalized spacial score (nSPS) is 12.7. The number of benzene rings is 1. The molecule has 0 aliphatic carbocycles. The Balaban J connectivity index is 2.11. The third-order valence-electron chi connectivity index (χ3n) is 3.35. The van der Waals surface area contributed by atoms with Gasteiger partial charge in [-0.1, -0.05) is 36.2 Å². The summed E-state index contributed by atoms with van der Waals surface area (Å²) in [6.07, 6.45) is 7.21. The molecule has 0 amide bonds. The lowest BCUT2D eigenvalue weighted by Crippen LogP contribution is -2.21. The second-order valence-corrected chi connectivity index (χ2v) is 5.48. The lowest BCUT2D eigenvalue weighted by molar-refractivity contribution is 0.634. The Hall–Kier alpha value is -1.62. The van der Waals surface area contributed by atoms with E-state index >= 15 is 0 Å². The molecular weight excluding hydrogens is 307 g/mol. The number of nitrogens with one attached hydrogen (secondary N) is 1. The maximum atomic E-state index is 6.14. The molecule has 0 bridgehead atoms. The van der Waals surface area contributed by atoms with Crippen LogP contribution in [0.4, 0.5) is 0 Å². The summed E-state index contributed by atoms with van der Waals surface area (Å²) in [5, 5.41) is 8.92. The van der Waals surface area contributed by atoms with Crippen molar-refractivity contribution in [3.05, 3.63) is 64.2 Å². The number of aromatic nitrogens is 3. The predicted molar refractivity (Wildman–Crippen MR) is 85.0 cm³/mol. The van der Waals surface area contributed by atoms with Crippen LogP contribution in [0.3, 0.4) is 0 Å². The summed E-state index contributed by atoms with van der Waals surface area (Å²) >= 11 is 12.1. The molecule has 6 heteroatoms. The second-order valence-electron chi connectivity index (χ2n) is 4.67. The van der Waals surface area contributed by atoms with Gasteiger partial charge in [-0.3, -0.25) is 4.98 Å². The Labute approximate surface area is 132 Å². The number of hydrogen-bond donors (Lipinski definition) is 1. The topological polar surface area (TPSA) is 42.2 Å². The minimum absolute atomic E-state index is 0.00790. The average molecular weight is 321 g/mol. The summed E-state index contributed by atoms with van der Waals surface area (Å²) in [6, 6.07) is 5.66. The van der Waals surface area contributed by atoms with Crippen molar-refractivity contribution in [3.8, 4) is 0 Å². The molecule has 1 atom stereocenters. The first-order valence-corrected chi connectivity index (χ1v) is 7.42. The summed E-state index contributed by atoms with van der Waals surface area (Å²) in [5.74, 6) is 0. The van der Waals surface area contributed by atoms with Gasteiger partial charge in [0.2, 0.25) is 0 Å². The predicted octanol–water partition coefficient (Wildman–Crippen LogP) is 3.74. The third-order valence-corrected chi connectivity index (χ3v) is 4.09. The van der Waals surface area contributed by atoms with Crippen molar-refractivity contribution in [3.63, 3.8) is 0 Å².